The normalized spacial score (nSPS) is 11.6. The lowest BCUT2D eigenvalue weighted by Gasteiger charge is -2.07. The molecule has 1 atom stereocenters. The number of thioether (sulfide) groups is 1. The van der Waals surface area contributed by atoms with Gasteiger partial charge in [-0.3, -0.25) is 10.1 Å². The third kappa shape index (κ3) is 5.43. The molecule has 1 heterocycles. The highest BCUT2D eigenvalue weighted by Gasteiger charge is 2.19. The number of imide groups is 1. The van der Waals surface area contributed by atoms with Gasteiger partial charge in [-0.25, -0.2) is 4.79 Å². The van der Waals surface area contributed by atoms with E-state index in [1.165, 1.54) is 7.05 Å². The van der Waals surface area contributed by atoms with E-state index in [2.05, 4.69) is 20.8 Å². The maximum absolute atomic E-state index is 11.7. The molecule has 0 spiro atoms. The van der Waals surface area contributed by atoms with E-state index < -0.39 is 17.2 Å². The van der Waals surface area contributed by atoms with Crippen molar-refractivity contribution >= 4 is 35.3 Å². The predicted molar refractivity (Wildman–Crippen MR) is 88.0 cm³/mol. The Morgan fingerprint density at radius 2 is 2.04 bits per heavy atom. The van der Waals surface area contributed by atoms with E-state index in [1.54, 1.807) is 31.2 Å². The van der Waals surface area contributed by atoms with Gasteiger partial charge in [0.15, 0.2) is 6.61 Å². The molecule has 128 valence electrons. The summed E-state index contributed by atoms with van der Waals surface area (Å²) in [5.74, 6) is 0.424. The summed E-state index contributed by atoms with van der Waals surface area (Å²) < 4.78 is 10.9. The Hall–Kier alpha value is -2.26. The molecule has 24 heavy (non-hydrogen) atoms. The van der Waals surface area contributed by atoms with Crippen molar-refractivity contribution in [2.75, 3.05) is 7.05 Å². The number of rotatable bonds is 6. The number of benzene rings is 1. The average Bonchev–Trinajstić information content (AvgIpc) is 3.01. The van der Waals surface area contributed by atoms with Gasteiger partial charge in [-0.15, -0.1) is 10.2 Å². The summed E-state index contributed by atoms with van der Waals surface area (Å²) in [6.07, 6.45) is 0. The molecule has 0 bridgehead atoms. The lowest BCUT2D eigenvalue weighted by Crippen LogP contribution is -2.41. The standard InChI is InChI=1S/C14H15ClN4O4S/c1-8(12(20)17-13(21)16-2)24-14-19-18-11(23-14)7-22-10-5-3-9(15)4-6-10/h3-6,8H,7H2,1-2H3,(H2,16,17,20,21)/t8-/m0/s1. The van der Waals surface area contributed by atoms with Gasteiger partial charge in [-0.2, -0.15) is 0 Å². The first-order chi connectivity index (χ1) is 11.5. The summed E-state index contributed by atoms with van der Waals surface area (Å²) in [4.78, 5) is 22.8. The lowest BCUT2D eigenvalue weighted by molar-refractivity contribution is -0.119. The summed E-state index contributed by atoms with van der Waals surface area (Å²) in [5.41, 5.74) is 0. The molecule has 0 aliphatic heterocycles. The smallest absolute Gasteiger partial charge is 0.321 e. The van der Waals surface area contributed by atoms with Crippen molar-refractivity contribution in [1.82, 2.24) is 20.8 Å². The first-order valence-electron chi connectivity index (χ1n) is 6.88. The van der Waals surface area contributed by atoms with Gasteiger partial charge in [0.25, 0.3) is 11.1 Å². The Bertz CT molecular complexity index is 707. The third-order valence-corrected chi connectivity index (χ3v) is 3.92. The number of carbonyl (C=O) groups excluding carboxylic acids is 2. The molecular weight excluding hydrogens is 356 g/mol. The van der Waals surface area contributed by atoms with Crippen LogP contribution in [-0.2, 0) is 11.4 Å². The minimum Gasteiger partial charge on any atom is -0.484 e. The van der Waals surface area contributed by atoms with Crippen LogP contribution in [0.15, 0.2) is 33.9 Å². The Balaban J connectivity index is 1.85. The Kier molecular flexibility index (Phi) is 6.44. The zero-order valence-corrected chi connectivity index (χ0v) is 14.5. The fraction of sp³-hybridized carbons (Fsp3) is 0.286. The van der Waals surface area contributed by atoms with Crippen molar-refractivity contribution in [2.45, 2.75) is 24.0 Å². The van der Waals surface area contributed by atoms with E-state index >= 15 is 0 Å². The fourth-order valence-corrected chi connectivity index (χ4v) is 2.33. The molecular formula is C14H15ClN4O4S. The molecule has 8 nitrogen and oxygen atoms in total. The molecule has 1 aromatic heterocycles. The highest BCUT2D eigenvalue weighted by atomic mass is 35.5. The first-order valence-corrected chi connectivity index (χ1v) is 8.13. The SMILES string of the molecule is CNC(=O)NC(=O)[C@H](C)Sc1nnc(COc2ccc(Cl)cc2)o1. The maximum atomic E-state index is 11.7. The second-order valence-corrected chi connectivity index (χ2v) is 6.26. The summed E-state index contributed by atoms with van der Waals surface area (Å²) in [5, 5.41) is 12.4. The largest absolute Gasteiger partial charge is 0.484 e. The topological polar surface area (TPSA) is 106 Å². The van der Waals surface area contributed by atoms with Crippen LogP contribution < -0.4 is 15.4 Å². The van der Waals surface area contributed by atoms with Gasteiger partial charge in [0, 0.05) is 12.1 Å². The third-order valence-electron chi connectivity index (χ3n) is 2.73. The van der Waals surface area contributed by atoms with Crippen LogP contribution in [0, 0.1) is 0 Å². The van der Waals surface area contributed by atoms with Crippen LogP contribution >= 0.6 is 23.4 Å². The summed E-state index contributed by atoms with van der Waals surface area (Å²) in [6, 6.07) is 6.28. The molecule has 3 amide bonds. The molecule has 0 saturated heterocycles. The number of aromatic nitrogens is 2. The van der Waals surface area contributed by atoms with Gasteiger partial charge in [-0.1, -0.05) is 23.4 Å². The molecule has 0 saturated carbocycles. The average molecular weight is 371 g/mol. The van der Waals surface area contributed by atoms with Crippen molar-refractivity contribution in [1.29, 1.82) is 0 Å². The highest BCUT2D eigenvalue weighted by Crippen LogP contribution is 2.22. The summed E-state index contributed by atoms with van der Waals surface area (Å²) in [6.45, 7) is 1.71. The van der Waals surface area contributed by atoms with Crippen LogP contribution in [0.2, 0.25) is 5.02 Å². The Morgan fingerprint density at radius 1 is 1.33 bits per heavy atom. The zero-order valence-electron chi connectivity index (χ0n) is 12.9. The number of nitrogens with zero attached hydrogens (tertiary/aromatic N) is 2. The number of amides is 3. The predicted octanol–water partition coefficient (Wildman–Crippen LogP) is 2.24. The molecule has 0 unspecified atom stereocenters. The highest BCUT2D eigenvalue weighted by molar-refractivity contribution is 8.00. The van der Waals surface area contributed by atoms with Gasteiger partial charge in [0.1, 0.15) is 5.75 Å². The van der Waals surface area contributed by atoms with E-state index in [1.807, 2.05) is 0 Å². The monoisotopic (exact) mass is 370 g/mol. The van der Waals surface area contributed by atoms with Crippen LogP contribution in [0.4, 0.5) is 4.79 Å². The number of ether oxygens (including phenoxy) is 1. The Labute approximate surface area is 147 Å². The second kappa shape index (κ2) is 8.55. The van der Waals surface area contributed by atoms with Crippen LogP contribution in [0.3, 0.4) is 0 Å². The van der Waals surface area contributed by atoms with Gasteiger partial charge in [0.2, 0.25) is 5.91 Å². The van der Waals surface area contributed by atoms with E-state index in [-0.39, 0.29) is 17.7 Å². The van der Waals surface area contributed by atoms with Crippen LogP contribution in [0.1, 0.15) is 12.8 Å². The van der Waals surface area contributed by atoms with Gasteiger partial charge < -0.3 is 14.5 Å². The number of hydrogen-bond donors (Lipinski definition) is 2. The van der Waals surface area contributed by atoms with Crippen LogP contribution in [0.5, 0.6) is 5.75 Å². The van der Waals surface area contributed by atoms with E-state index in [9.17, 15) is 9.59 Å². The second-order valence-electron chi connectivity index (χ2n) is 4.53. The van der Waals surface area contributed by atoms with Crippen molar-refractivity contribution < 1.29 is 18.7 Å². The van der Waals surface area contributed by atoms with E-state index in [0.29, 0.717) is 10.8 Å². The molecule has 2 rings (SSSR count). The molecule has 10 heteroatoms. The van der Waals surface area contributed by atoms with Crippen LogP contribution in [0.25, 0.3) is 0 Å². The minimum atomic E-state index is -0.576. The number of urea groups is 1. The van der Waals surface area contributed by atoms with Crippen molar-refractivity contribution in [3.8, 4) is 5.75 Å². The molecule has 0 fully saturated rings. The van der Waals surface area contributed by atoms with Crippen LogP contribution in [-0.4, -0.2) is 34.4 Å². The van der Waals surface area contributed by atoms with E-state index in [4.69, 9.17) is 20.8 Å². The summed E-state index contributed by atoms with van der Waals surface area (Å²) in [7, 11) is 1.42. The lowest BCUT2D eigenvalue weighted by atomic mass is 10.3. The molecule has 2 aromatic rings. The van der Waals surface area contributed by atoms with Gasteiger partial charge >= 0.3 is 6.03 Å². The van der Waals surface area contributed by atoms with Crippen molar-refractivity contribution in [2.24, 2.45) is 0 Å². The number of nitrogens with one attached hydrogen (secondary N) is 2. The fourth-order valence-electron chi connectivity index (χ4n) is 1.50. The minimum absolute atomic E-state index is 0.0913. The molecule has 2 N–H and O–H groups in total. The Morgan fingerprint density at radius 3 is 2.71 bits per heavy atom. The molecule has 0 aliphatic carbocycles. The number of halogens is 1. The van der Waals surface area contributed by atoms with E-state index in [0.717, 1.165) is 11.8 Å². The van der Waals surface area contributed by atoms with Gasteiger partial charge in [0.05, 0.1) is 5.25 Å². The maximum Gasteiger partial charge on any atom is 0.321 e. The van der Waals surface area contributed by atoms with Gasteiger partial charge in [-0.05, 0) is 31.2 Å². The number of hydrogen-bond acceptors (Lipinski definition) is 7. The van der Waals surface area contributed by atoms with Crippen molar-refractivity contribution in [3.05, 3.63) is 35.2 Å². The number of carbonyl (C=O) groups is 2. The molecule has 0 radical (unpaired) electrons. The van der Waals surface area contributed by atoms with Crippen molar-refractivity contribution in [3.63, 3.8) is 0 Å². The molecule has 0 aliphatic rings. The zero-order chi connectivity index (χ0) is 17.5. The first kappa shape index (κ1) is 18.1. The molecule has 1 aromatic carbocycles. The quantitative estimate of drug-likeness (QED) is 0.751. The summed E-state index contributed by atoms with van der Waals surface area (Å²) >= 11 is 6.83.